The van der Waals surface area contributed by atoms with E-state index in [2.05, 4.69) is 29.3 Å². The predicted octanol–water partition coefficient (Wildman–Crippen LogP) is 1.86. The van der Waals surface area contributed by atoms with E-state index in [0.29, 0.717) is 0 Å². The number of amides is 5. The van der Waals surface area contributed by atoms with Crippen LogP contribution in [0.2, 0.25) is 0 Å². The second-order valence-electron chi connectivity index (χ2n) is 7.95. The van der Waals surface area contributed by atoms with Crippen molar-refractivity contribution in [2.75, 3.05) is 18.0 Å². The van der Waals surface area contributed by atoms with Crippen LogP contribution < -0.4 is 20.9 Å². The molecule has 5 amide bonds. The highest BCUT2D eigenvalue weighted by Crippen LogP contribution is 2.24. The molecule has 3 N–H and O–H groups in total. The number of barbiturate groups is 1. The molecule has 0 aliphatic carbocycles. The minimum Gasteiger partial charge on any atom is -0.372 e. The number of carbonyl (C=O) groups excluding carboxylic acids is 4. The van der Waals surface area contributed by atoms with Gasteiger partial charge >= 0.3 is 6.03 Å². The van der Waals surface area contributed by atoms with Crippen LogP contribution in [-0.2, 0) is 14.4 Å². The van der Waals surface area contributed by atoms with Gasteiger partial charge in [0.2, 0.25) is 17.7 Å². The van der Waals surface area contributed by atoms with Gasteiger partial charge in [0.05, 0.1) is 6.04 Å². The molecule has 2 aliphatic heterocycles. The molecule has 8 nitrogen and oxygen atoms in total. The van der Waals surface area contributed by atoms with Gasteiger partial charge in [-0.2, -0.15) is 0 Å². The van der Waals surface area contributed by atoms with Crippen LogP contribution >= 0.6 is 0 Å². The summed E-state index contributed by atoms with van der Waals surface area (Å²) in [6.07, 6.45) is 2.49. The molecular weight excluding hydrogens is 372 g/mol. The smallest absolute Gasteiger partial charge is 0.328 e. The monoisotopic (exact) mass is 400 g/mol. The molecule has 3 rings (SSSR count). The first-order valence-electron chi connectivity index (χ1n) is 10.1. The van der Waals surface area contributed by atoms with Crippen molar-refractivity contribution in [3.8, 4) is 0 Å². The van der Waals surface area contributed by atoms with E-state index in [4.69, 9.17) is 0 Å². The first kappa shape index (κ1) is 20.8. The second kappa shape index (κ2) is 9.07. The quantitative estimate of drug-likeness (QED) is 0.632. The zero-order valence-corrected chi connectivity index (χ0v) is 16.9. The second-order valence-corrected chi connectivity index (χ2v) is 7.95. The van der Waals surface area contributed by atoms with Crippen LogP contribution in [0.3, 0.4) is 0 Å². The van der Waals surface area contributed by atoms with Gasteiger partial charge in [0.25, 0.3) is 0 Å². The fourth-order valence-electron chi connectivity index (χ4n) is 3.72. The van der Waals surface area contributed by atoms with Crippen molar-refractivity contribution in [1.82, 2.24) is 16.0 Å². The first-order valence-corrected chi connectivity index (χ1v) is 10.1. The van der Waals surface area contributed by atoms with E-state index in [-0.39, 0.29) is 24.8 Å². The Balaban J connectivity index is 1.48. The number of rotatable bonds is 6. The average Bonchev–Trinajstić information content (AvgIpc) is 2.68. The van der Waals surface area contributed by atoms with Gasteiger partial charge in [0, 0.05) is 25.2 Å². The van der Waals surface area contributed by atoms with Gasteiger partial charge in [-0.05, 0) is 49.8 Å². The van der Waals surface area contributed by atoms with Crippen molar-refractivity contribution in [2.24, 2.45) is 11.8 Å². The number of piperidine rings is 1. The van der Waals surface area contributed by atoms with Gasteiger partial charge in [-0.1, -0.05) is 19.1 Å². The third kappa shape index (κ3) is 5.34. The third-order valence-electron chi connectivity index (χ3n) is 5.69. The van der Waals surface area contributed by atoms with E-state index in [9.17, 15) is 19.2 Å². The average molecular weight is 400 g/mol. The summed E-state index contributed by atoms with van der Waals surface area (Å²) in [7, 11) is 0. The maximum absolute atomic E-state index is 12.2. The van der Waals surface area contributed by atoms with Gasteiger partial charge < -0.3 is 10.2 Å². The molecule has 2 fully saturated rings. The first-order chi connectivity index (χ1) is 13.8. The Morgan fingerprint density at radius 1 is 1.10 bits per heavy atom. The zero-order chi connectivity index (χ0) is 21.0. The molecule has 0 saturated carbocycles. The van der Waals surface area contributed by atoms with Gasteiger partial charge in [-0.3, -0.25) is 25.0 Å². The SMILES string of the molecule is CC1CCN(c2ccc(C(C)NC(=O)CCC3C(=O)NC(=O)NC3=O)cc2)CC1. The molecule has 0 radical (unpaired) electrons. The minimum absolute atomic E-state index is 0.0219. The van der Waals surface area contributed by atoms with E-state index < -0.39 is 23.8 Å². The normalized spacial score (nSPS) is 19.5. The summed E-state index contributed by atoms with van der Waals surface area (Å²) in [5.41, 5.74) is 2.19. The van der Waals surface area contributed by atoms with Crippen LogP contribution in [0.15, 0.2) is 24.3 Å². The van der Waals surface area contributed by atoms with Crippen LogP contribution in [0.4, 0.5) is 10.5 Å². The number of carbonyl (C=O) groups is 4. The van der Waals surface area contributed by atoms with Crippen LogP contribution in [0.5, 0.6) is 0 Å². The summed E-state index contributed by atoms with van der Waals surface area (Å²) in [6.45, 7) is 6.33. The molecule has 0 spiro atoms. The molecule has 1 aromatic carbocycles. The van der Waals surface area contributed by atoms with Crippen LogP contribution in [-0.4, -0.2) is 36.8 Å². The summed E-state index contributed by atoms with van der Waals surface area (Å²) in [5.74, 6) is -1.82. The van der Waals surface area contributed by atoms with Gasteiger partial charge in [-0.15, -0.1) is 0 Å². The Morgan fingerprint density at radius 2 is 1.69 bits per heavy atom. The Kier molecular flexibility index (Phi) is 6.51. The lowest BCUT2D eigenvalue weighted by Crippen LogP contribution is -2.55. The number of imide groups is 2. The molecule has 0 bridgehead atoms. The topological polar surface area (TPSA) is 108 Å². The van der Waals surface area contributed by atoms with Crippen molar-refractivity contribution >= 4 is 29.4 Å². The molecule has 1 atom stereocenters. The molecule has 2 aliphatic rings. The fraction of sp³-hybridized carbons (Fsp3) is 0.524. The summed E-state index contributed by atoms with van der Waals surface area (Å²) in [5, 5.41) is 6.97. The van der Waals surface area contributed by atoms with Crippen molar-refractivity contribution in [3.63, 3.8) is 0 Å². The van der Waals surface area contributed by atoms with Crippen molar-refractivity contribution in [2.45, 2.75) is 45.6 Å². The molecule has 29 heavy (non-hydrogen) atoms. The minimum atomic E-state index is -1.03. The van der Waals surface area contributed by atoms with Crippen LogP contribution in [0.1, 0.15) is 51.1 Å². The molecule has 2 heterocycles. The van der Waals surface area contributed by atoms with E-state index >= 15 is 0 Å². The number of benzene rings is 1. The number of nitrogens with one attached hydrogen (secondary N) is 3. The summed E-state index contributed by atoms with van der Waals surface area (Å²) < 4.78 is 0. The number of urea groups is 1. The molecule has 1 aromatic rings. The maximum atomic E-state index is 12.2. The summed E-state index contributed by atoms with van der Waals surface area (Å²) in [4.78, 5) is 49.1. The molecule has 156 valence electrons. The standard InChI is InChI=1S/C21H28N4O4/c1-13-9-11-25(12-10-13)16-5-3-15(4-6-16)14(2)22-18(26)8-7-17-19(27)23-21(29)24-20(17)28/h3-6,13-14,17H,7-12H2,1-2H3,(H,22,26)(H2,23,24,27,28,29). The Hall–Kier alpha value is -2.90. The Labute approximate surface area is 170 Å². The van der Waals surface area contributed by atoms with Crippen LogP contribution in [0, 0.1) is 11.8 Å². The molecule has 2 saturated heterocycles. The van der Waals surface area contributed by atoms with Crippen molar-refractivity contribution in [3.05, 3.63) is 29.8 Å². The van der Waals surface area contributed by atoms with Crippen molar-refractivity contribution in [1.29, 1.82) is 0 Å². The lowest BCUT2D eigenvalue weighted by Gasteiger charge is -2.32. The summed E-state index contributed by atoms with van der Waals surface area (Å²) >= 11 is 0. The highest BCUT2D eigenvalue weighted by atomic mass is 16.2. The molecule has 8 heteroatoms. The fourth-order valence-corrected chi connectivity index (χ4v) is 3.72. The zero-order valence-electron chi connectivity index (χ0n) is 16.9. The molecule has 1 unspecified atom stereocenters. The van der Waals surface area contributed by atoms with Crippen LogP contribution in [0.25, 0.3) is 0 Å². The number of hydrogen-bond donors (Lipinski definition) is 3. The lowest BCUT2D eigenvalue weighted by molar-refractivity contribution is -0.136. The van der Waals surface area contributed by atoms with E-state index in [1.54, 1.807) is 0 Å². The molecular formula is C21H28N4O4. The largest absolute Gasteiger partial charge is 0.372 e. The predicted molar refractivity (Wildman–Crippen MR) is 108 cm³/mol. The van der Waals surface area contributed by atoms with E-state index in [0.717, 1.165) is 24.6 Å². The Bertz CT molecular complexity index is 764. The third-order valence-corrected chi connectivity index (χ3v) is 5.69. The maximum Gasteiger partial charge on any atom is 0.328 e. The Morgan fingerprint density at radius 3 is 2.28 bits per heavy atom. The number of anilines is 1. The van der Waals surface area contributed by atoms with E-state index in [1.165, 1.54) is 18.5 Å². The van der Waals surface area contributed by atoms with E-state index in [1.807, 2.05) is 29.7 Å². The lowest BCUT2D eigenvalue weighted by atomic mass is 9.98. The van der Waals surface area contributed by atoms with Gasteiger partial charge in [-0.25, -0.2) is 4.79 Å². The number of hydrogen-bond acceptors (Lipinski definition) is 5. The molecule has 0 aromatic heterocycles. The highest BCUT2D eigenvalue weighted by molar-refractivity contribution is 6.16. The van der Waals surface area contributed by atoms with Gasteiger partial charge in [0.15, 0.2) is 0 Å². The van der Waals surface area contributed by atoms with Gasteiger partial charge in [0.1, 0.15) is 5.92 Å². The van der Waals surface area contributed by atoms with Crippen molar-refractivity contribution < 1.29 is 19.2 Å². The number of nitrogens with zero attached hydrogens (tertiary/aromatic N) is 1. The highest BCUT2D eigenvalue weighted by Gasteiger charge is 2.34. The summed E-state index contributed by atoms with van der Waals surface area (Å²) in [6, 6.07) is 7.20.